The Morgan fingerprint density at radius 3 is 2.29 bits per heavy atom. The fourth-order valence-corrected chi connectivity index (χ4v) is 2.89. The van der Waals surface area contributed by atoms with Crippen molar-refractivity contribution < 1.29 is 9.47 Å². The van der Waals surface area contributed by atoms with Crippen LogP contribution in [0.5, 0.6) is 11.5 Å². The molecule has 1 N–H and O–H groups in total. The molecule has 0 aliphatic heterocycles. The molecule has 0 atom stereocenters. The summed E-state index contributed by atoms with van der Waals surface area (Å²) < 4.78 is 11.2. The molecule has 1 aromatic rings. The molecule has 0 spiro atoms. The zero-order valence-electron chi connectivity index (χ0n) is 14.7. The second-order valence-electron chi connectivity index (χ2n) is 7.36. The first-order chi connectivity index (χ1) is 9.68. The Hall–Kier alpha value is -1.22. The van der Waals surface area contributed by atoms with E-state index in [2.05, 4.69) is 46.0 Å². The lowest BCUT2D eigenvalue weighted by Crippen LogP contribution is -2.41. The molecule has 0 amide bonds. The highest BCUT2D eigenvalue weighted by molar-refractivity contribution is 5.46. The van der Waals surface area contributed by atoms with Crippen LogP contribution in [-0.2, 0) is 6.54 Å². The maximum Gasteiger partial charge on any atom is 0.165 e. The van der Waals surface area contributed by atoms with Gasteiger partial charge in [0.2, 0.25) is 0 Å². The molecule has 0 aliphatic rings. The SMILES string of the molecule is CCOc1c(CNC(C)(C)CC(C)(C)C)cccc1OC. The maximum absolute atomic E-state index is 5.76. The van der Waals surface area contributed by atoms with Crippen LogP contribution in [0.1, 0.15) is 53.5 Å². The Morgan fingerprint density at radius 2 is 1.76 bits per heavy atom. The lowest BCUT2D eigenvalue weighted by molar-refractivity contribution is 0.238. The smallest absolute Gasteiger partial charge is 0.165 e. The minimum atomic E-state index is 0.0742. The van der Waals surface area contributed by atoms with Crippen LogP contribution in [-0.4, -0.2) is 19.3 Å². The molecule has 120 valence electrons. The number of hydrogen-bond acceptors (Lipinski definition) is 3. The number of methoxy groups -OCH3 is 1. The fraction of sp³-hybridized carbons (Fsp3) is 0.667. The molecule has 0 saturated carbocycles. The van der Waals surface area contributed by atoms with E-state index >= 15 is 0 Å². The number of para-hydroxylation sites is 1. The van der Waals surface area contributed by atoms with Crippen LogP contribution in [0, 0.1) is 5.41 Å². The number of hydrogen-bond donors (Lipinski definition) is 1. The van der Waals surface area contributed by atoms with E-state index in [0.29, 0.717) is 12.0 Å². The summed E-state index contributed by atoms with van der Waals surface area (Å²) in [6.45, 7) is 14.7. The van der Waals surface area contributed by atoms with Gasteiger partial charge >= 0.3 is 0 Å². The first kappa shape index (κ1) is 17.8. The highest BCUT2D eigenvalue weighted by Crippen LogP contribution is 2.32. The summed E-state index contributed by atoms with van der Waals surface area (Å²) in [5.41, 5.74) is 1.51. The average molecular weight is 293 g/mol. The van der Waals surface area contributed by atoms with Crippen LogP contribution in [0.25, 0.3) is 0 Å². The molecule has 1 rings (SSSR count). The first-order valence-corrected chi connectivity index (χ1v) is 7.72. The molecule has 0 bridgehead atoms. The maximum atomic E-state index is 5.76. The number of ether oxygens (including phenoxy) is 2. The van der Waals surface area contributed by atoms with Gasteiger partial charge in [-0.2, -0.15) is 0 Å². The monoisotopic (exact) mass is 293 g/mol. The van der Waals surface area contributed by atoms with Gasteiger partial charge in [-0.05, 0) is 38.7 Å². The molecule has 0 radical (unpaired) electrons. The highest BCUT2D eigenvalue weighted by Gasteiger charge is 2.25. The molecule has 0 saturated heterocycles. The molecular formula is C18H31NO2. The predicted octanol–water partition coefficient (Wildman–Crippen LogP) is 4.40. The lowest BCUT2D eigenvalue weighted by Gasteiger charge is -2.33. The molecule has 3 heteroatoms. The van der Waals surface area contributed by atoms with E-state index in [-0.39, 0.29) is 5.54 Å². The Bertz CT molecular complexity index is 447. The van der Waals surface area contributed by atoms with E-state index in [9.17, 15) is 0 Å². The zero-order valence-corrected chi connectivity index (χ0v) is 14.7. The van der Waals surface area contributed by atoms with Gasteiger partial charge in [-0.25, -0.2) is 0 Å². The van der Waals surface area contributed by atoms with Gasteiger partial charge in [-0.1, -0.05) is 32.9 Å². The molecule has 0 aliphatic carbocycles. The number of benzene rings is 1. The van der Waals surface area contributed by atoms with Crippen LogP contribution >= 0.6 is 0 Å². The van der Waals surface area contributed by atoms with Crippen molar-refractivity contribution in [2.45, 2.75) is 60.0 Å². The Balaban J connectivity index is 2.83. The largest absolute Gasteiger partial charge is 0.493 e. The van der Waals surface area contributed by atoms with Gasteiger partial charge in [-0.15, -0.1) is 0 Å². The normalized spacial score (nSPS) is 12.3. The van der Waals surface area contributed by atoms with Crippen molar-refractivity contribution in [3.63, 3.8) is 0 Å². The second-order valence-corrected chi connectivity index (χ2v) is 7.36. The Labute approximate surface area is 130 Å². The van der Waals surface area contributed by atoms with Gasteiger partial charge in [0.1, 0.15) is 0 Å². The van der Waals surface area contributed by atoms with Crippen molar-refractivity contribution in [2.24, 2.45) is 5.41 Å². The molecule has 0 fully saturated rings. The molecule has 0 heterocycles. The quantitative estimate of drug-likeness (QED) is 0.808. The first-order valence-electron chi connectivity index (χ1n) is 7.72. The molecule has 1 aromatic carbocycles. The van der Waals surface area contributed by atoms with Crippen molar-refractivity contribution in [3.05, 3.63) is 23.8 Å². The standard InChI is InChI=1S/C18H31NO2/c1-8-21-16-14(10-9-11-15(16)20-7)12-19-18(5,6)13-17(2,3)4/h9-11,19H,8,12-13H2,1-7H3. The van der Waals surface area contributed by atoms with E-state index in [1.807, 2.05) is 19.1 Å². The van der Waals surface area contributed by atoms with Crippen molar-refractivity contribution in [1.82, 2.24) is 5.32 Å². The van der Waals surface area contributed by atoms with Crippen LogP contribution in [0.4, 0.5) is 0 Å². The third kappa shape index (κ3) is 5.96. The van der Waals surface area contributed by atoms with Gasteiger partial charge < -0.3 is 14.8 Å². The fourth-order valence-electron chi connectivity index (χ4n) is 2.89. The van der Waals surface area contributed by atoms with E-state index < -0.39 is 0 Å². The van der Waals surface area contributed by atoms with Gasteiger partial charge in [0.05, 0.1) is 13.7 Å². The molecule has 3 nitrogen and oxygen atoms in total. The molecule has 21 heavy (non-hydrogen) atoms. The number of rotatable bonds is 7. The molecular weight excluding hydrogens is 262 g/mol. The zero-order chi connectivity index (χ0) is 16.1. The average Bonchev–Trinajstić information content (AvgIpc) is 2.35. The summed E-state index contributed by atoms with van der Waals surface area (Å²) >= 11 is 0. The van der Waals surface area contributed by atoms with E-state index in [4.69, 9.17) is 9.47 Å². The third-order valence-electron chi connectivity index (χ3n) is 3.30. The Morgan fingerprint density at radius 1 is 1.10 bits per heavy atom. The van der Waals surface area contributed by atoms with Gasteiger partial charge in [0.15, 0.2) is 11.5 Å². The van der Waals surface area contributed by atoms with Gasteiger partial charge in [-0.3, -0.25) is 0 Å². The summed E-state index contributed by atoms with van der Waals surface area (Å²) in [5.74, 6) is 1.64. The van der Waals surface area contributed by atoms with Crippen molar-refractivity contribution in [1.29, 1.82) is 0 Å². The van der Waals surface area contributed by atoms with Gasteiger partial charge in [0, 0.05) is 17.6 Å². The van der Waals surface area contributed by atoms with Gasteiger partial charge in [0.25, 0.3) is 0 Å². The summed E-state index contributed by atoms with van der Waals surface area (Å²) in [6.07, 6.45) is 1.11. The van der Waals surface area contributed by atoms with E-state index in [1.165, 1.54) is 0 Å². The Kier molecular flexibility index (Phi) is 6.09. The van der Waals surface area contributed by atoms with Crippen molar-refractivity contribution >= 4 is 0 Å². The minimum Gasteiger partial charge on any atom is -0.493 e. The summed E-state index contributed by atoms with van der Waals surface area (Å²) in [4.78, 5) is 0. The van der Waals surface area contributed by atoms with Crippen LogP contribution < -0.4 is 14.8 Å². The van der Waals surface area contributed by atoms with E-state index in [0.717, 1.165) is 30.0 Å². The van der Waals surface area contributed by atoms with E-state index in [1.54, 1.807) is 7.11 Å². The topological polar surface area (TPSA) is 30.5 Å². The van der Waals surface area contributed by atoms with Crippen LogP contribution in [0.15, 0.2) is 18.2 Å². The lowest BCUT2D eigenvalue weighted by atomic mass is 9.82. The summed E-state index contributed by atoms with van der Waals surface area (Å²) in [6, 6.07) is 6.04. The third-order valence-corrected chi connectivity index (χ3v) is 3.30. The predicted molar refractivity (Wildman–Crippen MR) is 89.2 cm³/mol. The van der Waals surface area contributed by atoms with Crippen molar-refractivity contribution in [2.75, 3.05) is 13.7 Å². The summed E-state index contributed by atoms with van der Waals surface area (Å²) in [5, 5.41) is 3.65. The second kappa shape index (κ2) is 7.17. The molecule has 0 unspecified atom stereocenters. The molecule has 0 aromatic heterocycles. The number of nitrogens with one attached hydrogen (secondary N) is 1. The van der Waals surface area contributed by atoms with Crippen LogP contribution in [0.2, 0.25) is 0 Å². The summed E-state index contributed by atoms with van der Waals surface area (Å²) in [7, 11) is 1.68. The van der Waals surface area contributed by atoms with Crippen molar-refractivity contribution in [3.8, 4) is 11.5 Å². The minimum absolute atomic E-state index is 0.0742. The van der Waals surface area contributed by atoms with Crippen LogP contribution in [0.3, 0.4) is 0 Å². The highest BCUT2D eigenvalue weighted by atomic mass is 16.5.